The van der Waals surface area contributed by atoms with Gasteiger partial charge in [-0.15, -0.1) is 0 Å². The number of nitrogens with one attached hydrogen (secondary N) is 2. The van der Waals surface area contributed by atoms with Crippen LogP contribution in [0, 0.1) is 5.95 Å². The molecule has 0 atom stereocenters. The van der Waals surface area contributed by atoms with Gasteiger partial charge in [-0.25, -0.2) is 18.4 Å². The zero-order valence-electron chi connectivity index (χ0n) is 19.3. The largest absolute Gasteiger partial charge is 0.495 e. The highest BCUT2D eigenvalue weighted by Crippen LogP contribution is 2.34. The van der Waals surface area contributed by atoms with Crippen LogP contribution in [-0.4, -0.2) is 53.6 Å². The molecule has 0 unspecified atom stereocenters. The average molecular weight is 478 g/mol. The Labute approximate surface area is 192 Å². The number of hydrogen-bond donors (Lipinski definition) is 2. The summed E-state index contributed by atoms with van der Waals surface area (Å²) < 4.78 is 46.5. The Bertz CT molecular complexity index is 1280. The van der Waals surface area contributed by atoms with Crippen LogP contribution >= 0.6 is 0 Å². The number of ether oxygens (including phenoxy) is 1. The molecule has 0 saturated heterocycles. The van der Waals surface area contributed by atoms with E-state index in [2.05, 4.69) is 20.6 Å². The van der Waals surface area contributed by atoms with Crippen molar-refractivity contribution >= 4 is 27.2 Å². The van der Waals surface area contributed by atoms with Crippen molar-refractivity contribution in [1.82, 2.24) is 19.7 Å². The van der Waals surface area contributed by atoms with Gasteiger partial charge in [0.1, 0.15) is 22.1 Å². The summed E-state index contributed by atoms with van der Waals surface area (Å²) in [4.78, 5) is 19.2. The zero-order chi connectivity index (χ0) is 24.4. The third kappa shape index (κ3) is 5.24. The summed E-state index contributed by atoms with van der Waals surface area (Å²) in [7, 11) is -2.33. The highest BCUT2D eigenvalue weighted by atomic mass is 32.2. The number of rotatable bonds is 8. The molecule has 0 aliphatic rings. The van der Waals surface area contributed by atoms with Crippen LogP contribution in [0.3, 0.4) is 0 Å². The van der Waals surface area contributed by atoms with Gasteiger partial charge in [0.05, 0.1) is 23.7 Å². The number of methoxy groups -OCH3 is 1. The third-order valence-corrected chi connectivity index (χ3v) is 7.51. The Balaban J connectivity index is 2.00. The number of imidazole rings is 1. The number of hydrogen-bond acceptors (Lipinski definition) is 7. The Morgan fingerprint density at radius 1 is 1.21 bits per heavy atom. The Morgan fingerprint density at radius 2 is 1.94 bits per heavy atom. The number of amides is 1. The Hall–Kier alpha value is -3.21. The van der Waals surface area contributed by atoms with Gasteiger partial charge in [-0.1, -0.05) is 0 Å². The van der Waals surface area contributed by atoms with Crippen molar-refractivity contribution in [1.29, 1.82) is 0 Å². The molecule has 0 aromatic carbocycles. The fourth-order valence-electron chi connectivity index (χ4n) is 3.20. The van der Waals surface area contributed by atoms with Crippen LogP contribution in [0.25, 0.3) is 16.9 Å². The summed E-state index contributed by atoms with van der Waals surface area (Å²) in [6.45, 7) is 7.26. The number of halogens is 1. The normalized spacial score (nSPS) is 12.1. The van der Waals surface area contributed by atoms with Crippen molar-refractivity contribution in [2.24, 2.45) is 0 Å². The second-order valence-electron chi connectivity index (χ2n) is 8.52. The molecule has 0 spiro atoms. The van der Waals surface area contributed by atoms with Gasteiger partial charge in [-0.05, 0) is 33.3 Å². The van der Waals surface area contributed by atoms with Crippen LogP contribution in [0.2, 0.25) is 0 Å². The predicted molar refractivity (Wildman–Crippen MR) is 124 cm³/mol. The molecule has 3 aromatic heterocycles. The molecule has 3 aromatic rings. The minimum atomic E-state index is -3.73. The van der Waals surface area contributed by atoms with E-state index >= 15 is 0 Å². The van der Waals surface area contributed by atoms with Gasteiger partial charge in [-0.3, -0.25) is 9.20 Å². The first-order valence-corrected chi connectivity index (χ1v) is 11.9. The highest BCUT2D eigenvalue weighted by Gasteiger charge is 2.34. The fraction of sp³-hybridized carbons (Fsp3) is 0.409. The standard InChI is InChI=1S/C22H28FN5O4S/c1-14(29)24-7-6-8-25-20-10-15(9-19(23)27-20)16-12-26-21-11-17(32-5)18(13-28(16)21)33(30,31)22(2,3)4/h9-13H,6-8H2,1-5H3,(H,24,29)(H,25,27). The highest BCUT2D eigenvalue weighted by molar-refractivity contribution is 7.92. The van der Waals surface area contributed by atoms with Crippen molar-refractivity contribution in [3.63, 3.8) is 0 Å². The van der Waals surface area contributed by atoms with E-state index in [0.717, 1.165) is 0 Å². The van der Waals surface area contributed by atoms with Gasteiger partial charge < -0.3 is 15.4 Å². The molecule has 2 N–H and O–H groups in total. The molecule has 9 nitrogen and oxygen atoms in total. The molecule has 33 heavy (non-hydrogen) atoms. The summed E-state index contributed by atoms with van der Waals surface area (Å²) in [6.07, 6.45) is 3.63. The molecule has 0 aliphatic heterocycles. The summed E-state index contributed by atoms with van der Waals surface area (Å²) in [5.74, 6) is -0.294. The van der Waals surface area contributed by atoms with Crippen molar-refractivity contribution < 1.29 is 22.3 Å². The van der Waals surface area contributed by atoms with E-state index in [-0.39, 0.29) is 16.6 Å². The molecule has 0 bridgehead atoms. The van der Waals surface area contributed by atoms with E-state index in [4.69, 9.17) is 4.74 Å². The summed E-state index contributed by atoms with van der Waals surface area (Å²) >= 11 is 0. The molecule has 178 valence electrons. The molecule has 3 rings (SSSR count). The average Bonchev–Trinajstić information content (AvgIpc) is 3.14. The Morgan fingerprint density at radius 3 is 2.58 bits per heavy atom. The molecular formula is C22H28FN5O4S. The van der Waals surface area contributed by atoms with Crippen LogP contribution in [0.15, 0.2) is 35.5 Å². The van der Waals surface area contributed by atoms with Crippen molar-refractivity contribution in [2.75, 3.05) is 25.5 Å². The number of fused-ring (bicyclic) bond motifs is 1. The molecule has 0 fully saturated rings. The lowest BCUT2D eigenvalue weighted by Gasteiger charge is -2.21. The predicted octanol–water partition coefficient (Wildman–Crippen LogP) is 3.05. The molecule has 0 saturated carbocycles. The van der Waals surface area contributed by atoms with E-state index in [1.165, 1.54) is 32.5 Å². The smallest absolute Gasteiger partial charge is 0.216 e. The molecule has 0 radical (unpaired) electrons. The number of carbonyl (C=O) groups is 1. The second kappa shape index (κ2) is 9.34. The molecule has 11 heteroatoms. The van der Waals surface area contributed by atoms with Crippen molar-refractivity contribution in [3.8, 4) is 17.0 Å². The fourth-order valence-corrected chi connectivity index (χ4v) is 4.51. The van der Waals surface area contributed by atoms with E-state index in [0.29, 0.717) is 42.2 Å². The topological polar surface area (TPSA) is 115 Å². The first kappa shape index (κ1) is 24.4. The maximum Gasteiger partial charge on any atom is 0.216 e. The first-order chi connectivity index (χ1) is 15.4. The van der Waals surface area contributed by atoms with Gasteiger partial charge in [0.15, 0.2) is 9.84 Å². The number of anilines is 1. The van der Waals surface area contributed by atoms with Crippen LogP contribution in [0.1, 0.15) is 34.1 Å². The summed E-state index contributed by atoms with van der Waals surface area (Å²) in [6, 6.07) is 4.46. The second-order valence-corrected chi connectivity index (χ2v) is 11.2. The van der Waals surface area contributed by atoms with Crippen LogP contribution in [-0.2, 0) is 14.6 Å². The Kier molecular flexibility index (Phi) is 6.92. The van der Waals surface area contributed by atoms with E-state index in [1.807, 2.05) is 0 Å². The van der Waals surface area contributed by atoms with Gasteiger partial charge in [0, 0.05) is 43.9 Å². The van der Waals surface area contributed by atoms with Gasteiger partial charge in [0.2, 0.25) is 11.9 Å². The minimum Gasteiger partial charge on any atom is -0.495 e. The lowest BCUT2D eigenvalue weighted by Crippen LogP contribution is -2.28. The monoisotopic (exact) mass is 477 g/mol. The van der Waals surface area contributed by atoms with Crippen molar-refractivity contribution in [3.05, 3.63) is 36.5 Å². The first-order valence-electron chi connectivity index (χ1n) is 10.4. The van der Waals surface area contributed by atoms with Crippen LogP contribution < -0.4 is 15.4 Å². The van der Waals surface area contributed by atoms with Crippen molar-refractivity contribution in [2.45, 2.75) is 43.8 Å². The number of pyridine rings is 2. The number of aromatic nitrogens is 3. The molecule has 0 aliphatic carbocycles. The quantitative estimate of drug-likeness (QED) is 0.378. The SMILES string of the molecule is COc1cc2ncc(-c3cc(F)nc(NCCCNC(C)=O)c3)n2cc1S(=O)(=O)C(C)(C)C. The minimum absolute atomic E-state index is 0.0232. The maximum absolute atomic E-state index is 14.3. The lowest BCUT2D eigenvalue weighted by atomic mass is 10.2. The molecule has 1 amide bonds. The van der Waals surface area contributed by atoms with Crippen LogP contribution in [0.5, 0.6) is 5.75 Å². The van der Waals surface area contributed by atoms with E-state index in [9.17, 15) is 17.6 Å². The van der Waals surface area contributed by atoms with Crippen LogP contribution in [0.4, 0.5) is 10.2 Å². The van der Waals surface area contributed by atoms with E-state index < -0.39 is 20.5 Å². The summed E-state index contributed by atoms with van der Waals surface area (Å²) in [5, 5.41) is 5.73. The van der Waals surface area contributed by atoms with Gasteiger partial charge >= 0.3 is 0 Å². The third-order valence-electron chi connectivity index (χ3n) is 5.01. The number of sulfone groups is 1. The lowest BCUT2D eigenvalue weighted by molar-refractivity contribution is -0.118. The van der Waals surface area contributed by atoms with Gasteiger partial charge in [-0.2, -0.15) is 4.39 Å². The summed E-state index contributed by atoms with van der Waals surface area (Å²) in [5.41, 5.74) is 1.43. The van der Waals surface area contributed by atoms with Gasteiger partial charge in [0.25, 0.3) is 0 Å². The number of nitrogens with zero attached hydrogens (tertiary/aromatic N) is 3. The molecule has 3 heterocycles. The zero-order valence-corrected chi connectivity index (χ0v) is 20.1. The molecular weight excluding hydrogens is 449 g/mol. The van der Waals surface area contributed by atoms with E-state index in [1.54, 1.807) is 37.3 Å². The maximum atomic E-state index is 14.3. The number of carbonyl (C=O) groups excluding carboxylic acids is 1.